The van der Waals surface area contributed by atoms with E-state index >= 15 is 0 Å². The van der Waals surface area contributed by atoms with Gasteiger partial charge in [-0.1, -0.05) is 60.8 Å². The third kappa shape index (κ3) is 7.04. The molecule has 6 nitrogen and oxygen atoms in total. The van der Waals surface area contributed by atoms with Crippen molar-refractivity contribution in [2.24, 2.45) is 11.1 Å². The molecule has 1 aliphatic carbocycles. The monoisotopic (exact) mass is 474 g/mol. The predicted octanol–water partition coefficient (Wildman–Crippen LogP) is 6.78. The van der Waals surface area contributed by atoms with E-state index < -0.39 is 0 Å². The summed E-state index contributed by atoms with van der Waals surface area (Å²) >= 11 is 0. The number of carbonyl (C=O) groups excluding carboxylic acids is 1. The van der Waals surface area contributed by atoms with E-state index in [1.54, 1.807) is 13.8 Å². The van der Waals surface area contributed by atoms with E-state index in [1.165, 1.54) is 19.3 Å². The molecule has 2 aromatic carbocycles. The number of para-hydroxylation sites is 1. The van der Waals surface area contributed by atoms with Gasteiger partial charge in [0.15, 0.2) is 6.10 Å². The van der Waals surface area contributed by atoms with E-state index in [4.69, 9.17) is 14.3 Å². The van der Waals surface area contributed by atoms with Gasteiger partial charge in [0, 0.05) is 11.3 Å². The minimum atomic E-state index is -0.283. The topological polar surface area (TPSA) is 70.0 Å². The minimum absolute atomic E-state index is 0.140. The van der Waals surface area contributed by atoms with Gasteiger partial charge in [-0.15, -0.1) is 0 Å². The molecular formula is C29H34N2O4. The zero-order valence-electron chi connectivity index (χ0n) is 20.6. The minimum Gasteiger partial charge on any atom is -0.487 e. The highest BCUT2D eigenvalue weighted by Crippen LogP contribution is 2.37. The van der Waals surface area contributed by atoms with Crippen LogP contribution < -0.4 is 4.74 Å². The maximum absolute atomic E-state index is 11.8. The average Bonchev–Trinajstić information content (AvgIpc) is 2.89. The van der Waals surface area contributed by atoms with Crippen LogP contribution in [0.2, 0.25) is 0 Å². The van der Waals surface area contributed by atoms with Crippen molar-refractivity contribution < 1.29 is 19.1 Å². The molecule has 1 aliphatic rings. The van der Waals surface area contributed by atoms with E-state index in [1.807, 2.05) is 36.4 Å². The first kappa shape index (κ1) is 24.7. The Kier molecular flexibility index (Phi) is 8.71. The number of hydrogen-bond acceptors (Lipinski definition) is 6. The Labute approximate surface area is 207 Å². The molecule has 0 amide bonds. The number of ether oxygens (including phenoxy) is 2. The molecule has 6 heteroatoms. The van der Waals surface area contributed by atoms with Crippen LogP contribution in [0.5, 0.6) is 5.75 Å². The zero-order valence-corrected chi connectivity index (χ0v) is 20.6. The number of nitrogens with zero attached hydrogens (tertiary/aromatic N) is 2. The second kappa shape index (κ2) is 12.3. The highest BCUT2D eigenvalue weighted by molar-refractivity contribution is 5.97. The summed E-state index contributed by atoms with van der Waals surface area (Å²) in [6, 6.07) is 20.2. The van der Waals surface area contributed by atoms with Crippen molar-refractivity contribution in [1.29, 1.82) is 0 Å². The fourth-order valence-corrected chi connectivity index (χ4v) is 4.56. The Morgan fingerprint density at radius 2 is 1.80 bits per heavy atom. The molecule has 35 heavy (non-hydrogen) atoms. The maximum Gasteiger partial charge on any atom is 0.311 e. The lowest BCUT2D eigenvalue weighted by Crippen LogP contribution is -2.18. The molecule has 1 atom stereocenters. The van der Waals surface area contributed by atoms with Crippen molar-refractivity contribution in [1.82, 2.24) is 4.98 Å². The number of carbonyl (C=O) groups is 1. The first-order valence-corrected chi connectivity index (χ1v) is 12.5. The zero-order chi connectivity index (χ0) is 24.5. The second-order valence-corrected chi connectivity index (χ2v) is 9.09. The number of benzene rings is 2. The molecule has 0 bridgehead atoms. The van der Waals surface area contributed by atoms with Crippen LogP contribution in [0.3, 0.4) is 0 Å². The first-order valence-electron chi connectivity index (χ1n) is 12.5. The maximum atomic E-state index is 11.8. The normalized spacial score (nSPS) is 15.5. The molecule has 1 heterocycles. The summed E-state index contributed by atoms with van der Waals surface area (Å²) in [6.45, 7) is 4.37. The summed E-state index contributed by atoms with van der Waals surface area (Å²) < 4.78 is 11.0. The van der Waals surface area contributed by atoms with E-state index in [9.17, 15) is 4.79 Å². The summed E-state index contributed by atoms with van der Waals surface area (Å²) in [7, 11) is 0. The van der Waals surface area contributed by atoms with Gasteiger partial charge in [-0.3, -0.25) is 4.79 Å². The number of fused-ring (bicyclic) bond motifs is 1. The number of esters is 1. The van der Waals surface area contributed by atoms with Gasteiger partial charge in [-0.25, -0.2) is 4.98 Å². The SMILES string of the molecule is CCOC(=O)C/C(C)=N/OC(c1ccc(OCc2ccc3ccccc3n2)cc1)C1CCCCC1. The van der Waals surface area contributed by atoms with Crippen LogP contribution in [0.25, 0.3) is 10.9 Å². The van der Waals surface area contributed by atoms with Crippen LogP contribution in [-0.2, 0) is 21.0 Å². The average molecular weight is 475 g/mol. The van der Waals surface area contributed by atoms with Gasteiger partial charge in [-0.05, 0) is 56.5 Å². The van der Waals surface area contributed by atoms with Crippen LogP contribution in [-0.4, -0.2) is 23.3 Å². The van der Waals surface area contributed by atoms with Crippen LogP contribution in [0.1, 0.15) is 69.7 Å². The summed E-state index contributed by atoms with van der Waals surface area (Å²) in [6.07, 6.45) is 5.90. The molecule has 3 aromatic rings. The van der Waals surface area contributed by atoms with Gasteiger partial charge in [-0.2, -0.15) is 0 Å². The number of hydrogen-bond donors (Lipinski definition) is 0. The molecule has 0 aliphatic heterocycles. The van der Waals surface area contributed by atoms with Crippen LogP contribution >= 0.6 is 0 Å². The fourth-order valence-electron chi connectivity index (χ4n) is 4.56. The third-order valence-electron chi connectivity index (χ3n) is 6.36. The number of oxime groups is 1. The van der Waals surface area contributed by atoms with Crippen LogP contribution in [0, 0.1) is 5.92 Å². The Morgan fingerprint density at radius 1 is 1.03 bits per heavy atom. The summed E-state index contributed by atoms with van der Waals surface area (Å²) in [5, 5.41) is 5.42. The van der Waals surface area contributed by atoms with Crippen molar-refractivity contribution >= 4 is 22.6 Å². The van der Waals surface area contributed by atoms with Crippen molar-refractivity contribution in [2.75, 3.05) is 6.61 Å². The number of rotatable bonds is 10. The highest BCUT2D eigenvalue weighted by atomic mass is 16.6. The summed E-state index contributed by atoms with van der Waals surface area (Å²) in [4.78, 5) is 22.5. The largest absolute Gasteiger partial charge is 0.487 e. The van der Waals surface area contributed by atoms with E-state index in [0.29, 0.717) is 24.8 Å². The molecule has 1 unspecified atom stereocenters. The standard InChI is InChI=1S/C29H34N2O4/c1-3-33-28(32)19-21(2)31-35-29(23-10-5-4-6-11-23)24-14-17-26(18-15-24)34-20-25-16-13-22-9-7-8-12-27(22)30-25/h7-9,12-18,23,29H,3-6,10-11,19-20H2,1-2H3/b31-21+. The predicted molar refractivity (Wildman–Crippen MR) is 137 cm³/mol. The van der Waals surface area contributed by atoms with E-state index in [-0.39, 0.29) is 18.5 Å². The molecule has 1 saturated carbocycles. The quantitative estimate of drug-likeness (QED) is 0.184. The molecule has 1 aromatic heterocycles. The van der Waals surface area contributed by atoms with Crippen molar-refractivity contribution in [3.63, 3.8) is 0 Å². The molecule has 0 N–H and O–H groups in total. The lowest BCUT2D eigenvalue weighted by molar-refractivity contribution is -0.141. The molecule has 184 valence electrons. The van der Waals surface area contributed by atoms with Crippen molar-refractivity contribution in [3.8, 4) is 5.75 Å². The van der Waals surface area contributed by atoms with E-state index in [0.717, 1.165) is 40.8 Å². The Balaban J connectivity index is 1.41. The van der Waals surface area contributed by atoms with Crippen LogP contribution in [0.4, 0.5) is 0 Å². The molecule has 4 rings (SSSR count). The molecular weight excluding hydrogens is 440 g/mol. The highest BCUT2D eigenvalue weighted by Gasteiger charge is 2.27. The van der Waals surface area contributed by atoms with Crippen LogP contribution in [0.15, 0.2) is 65.8 Å². The Bertz CT molecular complexity index is 1140. The van der Waals surface area contributed by atoms with E-state index in [2.05, 4.69) is 34.4 Å². The Hall–Kier alpha value is -3.41. The lowest BCUT2D eigenvalue weighted by atomic mass is 9.83. The fraction of sp³-hybridized carbons (Fsp3) is 0.414. The molecule has 0 spiro atoms. The van der Waals surface area contributed by atoms with Gasteiger partial charge >= 0.3 is 5.97 Å². The van der Waals surface area contributed by atoms with Gasteiger partial charge in [0.1, 0.15) is 12.4 Å². The summed E-state index contributed by atoms with van der Waals surface area (Å²) in [5.74, 6) is 0.901. The second-order valence-electron chi connectivity index (χ2n) is 9.09. The smallest absolute Gasteiger partial charge is 0.311 e. The van der Waals surface area contributed by atoms with Crippen molar-refractivity contribution in [2.45, 2.75) is 65.1 Å². The van der Waals surface area contributed by atoms with Gasteiger partial charge in [0.05, 0.1) is 30.0 Å². The molecule has 0 saturated heterocycles. The molecule has 1 fully saturated rings. The van der Waals surface area contributed by atoms with Crippen molar-refractivity contribution in [3.05, 3.63) is 71.9 Å². The molecule has 0 radical (unpaired) electrons. The Morgan fingerprint density at radius 3 is 2.57 bits per heavy atom. The third-order valence-corrected chi connectivity index (χ3v) is 6.36. The van der Waals surface area contributed by atoms with Gasteiger partial charge in [0.2, 0.25) is 0 Å². The lowest BCUT2D eigenvalue weighted by Gasteiger charge is -2.29. The van der Waals surface area contributed by atoms with Gasteiger partial charge in [0.25, 0.3) is 0 Å². The van der Waals surface area contributed by atoms with Gasteiger partial charge < -0.3 is 14.3 Å². The summed E-state index contributed by atoms with van der Waals surface area (Å²) in [5.41, 5.74) is 3.55. The number of pyridine rings is 1. The first-order chi connectivity index (χ1) is 17.1. The number of aromatic nitrogens is 1.